The van der Waals surface area contributed by atoms with Crippen molar-refractivity contribution in [3.63, 3.8) is 0 Å². The van der Waals surface area contributed by atoms with Gasteiger partial charge in [0.2, 0.25) is 17.8 Å². The van der Waals surface area contributed by atoms with Crippen LogP contribution in [-0.4, -0.2) is 36.3 Å². The number of aliphatic imine (C=N–C) groups is 2. The molecule has 0 bridgehead atoms. The van der Waals surface area contributed by atoms with Gasteiger partial charge >= 0.3 is 0 Å². The molecule has 0 saturated carbocycles. The summed E-state index contributed by atoms with van der Waals surface area (Å²) in [6, 6.07) is 25.6. The molecule has 0 aliphatic rings. The van der Waals surface area contributed by atoms with Crippen LogP contribution in [0.25, 0.3) is 0 Å². The fourth-order valence-corrected chi connectivity index (χ4v) is 4.16. The Morgan fingerprint density at radius 3 is 1.95 bits per heavy atom. The quantitative estimate of drug-likeness (QED) is 0.0607. The summed E-state index contributed by atoms with van der Waals surface area (Å²) in [5.74, 6) is -1.16. The molecule has 11 nitrogen and oxygen atoms in total. The van der Waals surface area contributed by atoms with Gasteiger partial charge in [0.15, 0.2) is 12.2 Å². The molecule has 41 heavy (non-hydrogen) atoms. The van der Waals surface area contributed by atoms with Crippen molar-refractivity contribution in [3.8, 4) is 6.19 Å². The summed E-state index contributed by atoms with van der Waals surface area (Å²) in [6.07, 6.45) is 2.56. The minimum absolute atomic E-state index is 0.0265. The van der Waals surface area contributed by atoms with Gasteiger partial charge in [-0.05, 0) is 35.1 Å². The second-order valence-electron chi connectivity index (χ2n) is 9.24. The third-order valence-corrected chi connectivity index (χ3v) is 6.21. The SMILES string of the molecule is N#CNC(N)=NCc1ccc(CNC(=O)[C@@H](CCCN=C(N)N)NC(=O)C(c2ccccc2)c2ccccc2)cc1. The lowest BCUT2D eigenvalue weighted by Gasteiger charge is -2.23. The number of nitrogens with one attached hydrogen (secondary N) is 3. The van der Waals surface area contributed by atoms with Crippen molar-refractivity contribution in [1.82, 2.24) is 16.0 Å². The van der Waals surface area contributed by atoms with E-state index in [0.29, 0.717) is 25.9 Å². The Morgan fingerprint density at radius 2 is 1.39 bits per heavy atom. The highest BCUT2D eigenvalue weighted by atomic mass is 16.2. The van der Waals surface area contributed by atoms with E-state index in [2.05, 4.69) is 25.9 Å². The van der Waals surface area contributed by atoms with Crippen LogP contribution >= 0.6 is 0 Å². The summed E-state index contributed by atoms with van der Waals surface area (Å²) in [5.41, 5.74) is 19.8. The summed E-state index contributed by atoms with van der Waals surface area (Å²) in [5, 5.41) is 16.7. The Bertz CT molecular complexity index is 1330. The largest absolute Gasteiger partial charge is 0.370 e. The topological polar surface area (TPSA) is 197 Å². The Labute approximate surface area is 239 Å². The molecule has 0 fully saturated rings. The molecule has 0 spiro atoms. The number of benzene rings is 3. The Kier molecular flexibility index (Phi) is 11.7. The van der Waals surface area contributed by atoms with Crippen molar-refractivity contribution in [2.75, 3.05) is 6.54 Å². The lowest BCUT2D eigenvalue weighted by Crippen LogP contribution is -2.48. The van der Waals surface area contributed by atoms with Gasteiger partial charge in [-0.1, -0.05) is 84.9 Å². The molecule has 2 amide bonds. The summed E-state index contributed by atoms with van der Waals surface area (Å²) < 4.78 is 0. The molecule has 0 saturated heterocycles. The predicted molar refractivity (Wildman–Crippen MR) is 159 cm³/mol. The average molecular weight is 554 g/mol. The van der Waals surface area contributed by atoms with Crippen molar-refractivity contribution in [3.05, 3.63) is 107 Å². The number of nitrogens with two attached hydrogens (primary N) is 3. The minimum Gasteiger partial charge on any atom is -0.370 e. The van der Waals surface area contributed by atoms with Crippen molar-refractivity contribution in [2.45, 2.75) is 37.9 Å². The molecule has 9 N–H and O–H groups in total. The van der Waals surface area contributed by atoms with Crippen LogP contribution in [0.5, 0.6) is 0 Å². The Morgan fingerprint density at radius 1 is 0.805 bits per heavy atom. The van der Waals surface area contributed by atoms with Crippen LogP contribution in [-0.2, 0) is 22.7 Å². The van der Waals surface area contributed by atoms with Crippen molar-refractivity contribution in [1.29, 1.82) is 5.26 Å². The van der Waals surface area contributed by atoms with Crippen LogP contribution in [0.15, 0.2) is 94.9 Å². The van der Waals surface area contributed by atoms with Gasteiger partial charge in [-0.3, -0.25) is 19.9 Å². The molecule has 3 rings (SSSR count). The third kappa shape index (κ3) is 10.0. The van der Waals surface area contributed by atoms with Crippen LogP contribution < -0.4 is 33.2 Å². The van der Waals surface area contributed by atoms with E-state index in [9.17, 15) is 9.59 Å². The maximum absolute atomic E-state index is 13.7. The molecule has 0 aliphatic carbocycles. The van der Waals surface area contributed by atoms with Crippen LogP contribution in [0.2, 0.25) is 0 Å². The lowest BCUT2D eigenvalue weighted by atomic mass is 9.90. The molecule has 212 valence electrons. The molecule has 3 aromatic rings. The molecule has 0 aliphatic heterocycles. The molecule has 1 atom stereocenters. The molecule has 3 aromatic carbocycles. The van der Waals surface area contributed by atoms with E-state index < -0.39 is 12.0 Å². The van der Waals surface area contributed by atoms with Crippen molar-refractivity contribution < 1.29 is 9.59 Å². The zero-order chi connectivity index (χ0) is 29.5. The number of carbonyl (C=O) groups excluding carboxylic acids is 2. The van der Waals surface area contributed by atoms with Gasteiger partial charge < -0.3 is 27.8 Å². The van der Waals surface area contributed by atoms with Crippen LogP contribution in [0.3, 0.4) is 0 Å². The van der Waals surface area contributed by atoms with Gasteiger partial charge in [-0.15, -0.1) is 0 Å². The van der Waals surface area contributed by atoms with E-state index >= 15 is 0 Å². The molecule has 0 heterocycles. The molecular formula is C30H35N9O2. The van der Waals surface area contributed by atoms with E-state index in [4.69, 9.17) is 22.5 Å². The van der Waals surface area contributed by atoms with Gasteiger partial charge in [0.05, 0.1) is 12.5 Å². The Balaban J connectivity index is 1.70. The number of hydrogen-bond acceptors (Lipinski definition) is 5. The minimum atomic E-state index is -0.796. The van der Waals surface area contributed by atoms with Crippen LogP contribution in [0, 0.1) is 11.5 Å². The summed E-state index contributed by atoms with van der Waals surface area (Å²) in [7, 11) is 0. The lowest BCUT2D eigenvalue weighted by molar-refractivity contribution is -0.129. The van der Waals surface area contributed by atoms with E-state index in [1.165, 1.54) is 0 Å². The normalized spacial score (nSPS) is 11.7. The monoisotopic (exact) mass is 553 g/mol. The molecular weight excluding hydrogens is 518 g/mol. The second-order valence-corrected chi connectivity index (χ2v) is 9.24. The third-order valence-electron chi connectivity index (χ3n) is 6.21. The van der Waals surface area contributed by atoms with Gasteiger partial charge in [0.1, 0.15) is 6.04 Å². The highest BCUT2D eigenvalue weighted by Gasteiger charge is 2.27. The van der Waals surface area contributed by atoms with E-state index in [1.54, 1.807) is 6.19 Å². The van der Waals surface area contributed by atoms with E-state index in [-0.39, 0.29) is 30.3 Å². The van der Waals surface area contributed by atoms with Crippen LogP contribution in [0.1, 0.15) is 41.0 Å². The first-order valence-electron chi connectivity index (χ1n) is 13.1. The number of carbonyl (C=O) groups is 2. The first-order chi connectivity index (χ1) is 19.9. The van der Waals surface area contributed by atoms with Gasteiger partial charge in [-0.2, -0.15) is 5.26 Å². The number of nitrogens with zero attached hydrogens (tertiary/aromatic N) is 3. The molecule has 0 unspecified atom stereocenters. The first-order valence-corrected chi connectivity index (χ1v) is 13.1. The standard InChI is InChI=1S/C30H35N9O2/c31-20-38-30(34)37-19-22-15-13-21(14-16-22)18-36-27(40)25(12-7-17-35-29(32)33)39-28(41)26(23-8-3-1-4-9-23)24-10-5-2-6-11-24/h1-6,8-11,13-16,25-26H,7,12,17-19H2,(H,36,40)(H,39,41)(H4,32,33,35)(H3,34,37,38)/t25-/m1/s1. The number of guanidine groups is 2. The van der Waals surface area contributed by atoms with Crippen LogP contribution in [0.4, 0.5) is 0 Å². The number of hydrogen-bond donors (Lipinski definition) is 6. The highest BCUT2D eigenvalue weighted by molar-refractivity contribution is 5.92. The van der Waals surface area contributed by atoms with E-state index in [1.807, 2.05) is 84.9 Å². The molecule has 0 radical (unpaired) electrons. The summed E-state index contributed by atoms with van der Waals surface area (Å²) >= 11 is 0. The summed E-state index contributed by atoms with van der Waals surface area (Å²) in [6.45, 7) is 0.907. The Hall–Kier alpha value is -5.37. The summed E-state index contributed by atoms with van der Waals surface area (Å²) in [4.78, 5) is 35.0. The fourth-order valence-electron chi connectivity index (χ4n) is 4.16. The van der Waals surface area contributed by atoms with E-state index in [0.717, 1.165) is 22.3 Å². The maximum Gasteiger partial charge on any atom is 0.242 e. The highest BCUT2D eigenvalue weighted by Crippen LogP contribution is 2.25. The van der Waals surface area contributed by atoms with Gasteiger partial charge in [0.25, 0.3) is 0 Å². The first kappa shape index (κ1) is 30.2. The zero-order valence-electron chi connectivity index (χ0n) is 22.7. The van der Waals surface area contributed by atoms with Gasteiger partial charge in [-0.25, -0.2) is 4.99 Å². The molecule has 0 aromatic heterocycles. The molecule has 11 heteroatoms. The fraction of sp³-hybridized carbons (Fsp3) is 0.233. The average Bonchev–Trinajstić information content (AvgIpc) is 2.98. The van der Waals surface area contributed by atoms with Crippen molar-refractivity contribution >= 4 is 23.7 Å². The van der Waals surface area contributed by atoms with Gasteiger partial charge in [0, 0.05) is 13.1 Å². The second kappa shape index (κ2) is 15.9. The maximum atomic E-state index is 13.7. The van der Waals surface area contributed by atoms with Crippen molar-refractivity contribution in [2.24, 2.45) is 27.2 Å². The number of amides is 2. The smallest absolute Gasteiger partial charge is 0.242 e. The number of rotatable bonds is 13. The number of nitriles is 1. The predicted octanol–water partition coefficient (Wildman–Crippen LogP) is 1.56. The zero-order valence-corrected chi connectivity index (χ0v) is 22.7.